The second kappa shape index (κ2) is 9.23. The summed E-state index contributed by atoms with van der Waals surface area (Å²) in [6.45, 7) is 16.9. The smallest absolute Gasteiger partial charge is 0.303 e. The minimum absolute atomic E-state index is 0.121. The van der Waals surface area contributed by atoms with Crippen molar-refractivity contribution in [2.24, 2.45) is 39.4 Å². The van der Waals surface area contributed by atoms with E-state index in [0.29, 0.717) is 12.8 Å². The van der Waals surface area contributed by atoms with Gasteiger partial charge >= 0.3 is 5.97 Å². The van der Waals surface area contributed by atoms with Crippen LogP contribution < -0.4 is 0 Å². The van der Waals surface area contributed by atoms with E-state index in [4.69, 9.17) is 4.74 Å². The first-order valence-electron chi connectivity index (χ1n) is 14.6. The molecule has 0 saturated heterocycles. The Labute approximate surface area is 233 Å². The van der Waals surface area contributed by atoms with Gasteiger partial charge in [0.2, 0.25) is 0 Å². The van der Waals surface area contributed by atoms with E-state index in [2.05, 4.69) is 26.8 Å². The Morgan fingerprint density at radius 3 is 2.21 bits per heavy atom. The zero-order valence-corrected chi connectivity index (χ0v) is 25.2. The Balaban J connectivity index is 1.69. The van der Waals surface area contributed by atoms with Crippen LogP contribution in [0.3, 0.4) is 0 Å². The Kier molecular flexibility index (Phi) is 7.20. The number of hydrogen-bond donors (Lipinski definition) is 4. The van der Waals surface area contributed by atoms with Crippen LogP contribution in [0.4, 0.5) is 0 Å². The number of aliphatic hydroxyl groups is 4. The SMILES string of the molecule is CC(=O)OC(C)(C)/C=C/C(=O)[C@](C)(O)C1[C@H](O)C[C@@]2(C)C3CC=C4C(C[C@H](O)[C@H](O)C4(C)C)[C@]3(C)CC[C@]12C. The van der Waals surface area contributed by atoms with Gasteiger partial charge in [0.25, 0.3) is 0 Å². The fourth-order valence-electron chi connectivity index (χ4n) is 9.79. The summed E-state index contributed by atoms with van der Waals surface area (Å²) in [7, 11) is 0. The summed E-state index contributed by atoms with van der Waals surface area (Å²) in [5.74, 6) is -1.34. The molecule has 220 valence electrons. The third kappa shape index (κ3) is 4.38. The molecule has 0 heterocycles. The number of allylic oxidation sites excluding steroid dienone is 1. The summed E-state index contributed by atoms with van der Waals surface area (Å²) < 4.78 is 5.26. The number of rotatable bonds is 5. The summed E-state index contributed by atoms with van der Waals surface area (Å²) in [5, 5.41) is 45.0. The molecule has 10 atom stereocenters. The van der Waals surface area contributed by atoms with Gasteiger partial charge in [-0.2, -0.15) is 0 Å². The van der Waals surface area contributed by atoms with Crippen molar-refractivity contribution in [2.45, 2.75) is 124 Å². The van der Waals surface area contributed by atoms with Gasteiger partial charge in [-0.15, -0.1) is 0 Å². The Morgan fingerprint density at radius 2 is 1.62 bits per heavy atom. The number of ketones is 1. The van der Waals surface area contributed by atoms with Crippen molar-refractivity contribution in [3.8, 4) is 0 Å². The lowest BCUT2D eigenvalue weighted by atomic mass is 9.38. The lowest BCUT2D eigenvalue weighted by molar-refractivity contribution is -0.180. The number of fused-ring (bicyclic) bond motifs is 5. The summed E-state index contributed by atoms with van der Waals surface area (Å²) in [5.41, 5.74) is -3.12. The lowest BCUT2D eigenvalue weighted by Crippen LogP contribution is -2.62. The van der Waals surface area contributed by atoms with E-state index in [9.17, 15) is 30.0 Å². The minimum atomic E-state index is -1.81. The third-order valence-electron chi connectivity index (χ3n) is 12.0. The molecule has 7 heteroatoms. The van der Waals surface area contributed by atoms with Crippen LogP contribution in [0.2, 0.25) is 0 Å². The Hall–Kier alpha value is -1.54. The molecule has 0 aromatic heterocycles. The Bertz CT molecular complexity index is 1090. The molecule has 4 aliphatic rings. The van der Waals surface area contributed by atoms with Crippen molar-refractivity contribution in [2.75, 3.05) is 0 Å². The van der Waals surface area contributed by atoms with E-state index in [1.807, 2.05) is 13.8 Å². The molecule has 0 radical (unpaired) electrons. The van der Waals surface area contributed by atoms with Gasteiger partial charge in [0, 0.05) is 18.3 Å². The molecule has 4 N–H and O–H groups in total. The van der Waals surface area contributed by atoms with Gasteiger partial charge in [-0.05, 0) is 93.1 Å². The topological polar surface area (TPSA) is 124 Å². The van der Waals surface area contributed by atoms with Gasteiger partial charge in [-0.3, -0.25) is 9.59 Å². The molecule has 0 aliphatic heterocycles. The van der Waals surface area contributed by atoms with Crippen LogP contribution in [0.1, 0.15) is 94.4 Å². The zero-order valence-electron chi connectivity index (χ0n) is 25.2. The maximum atomic E-state index is 13.5. The molecular weight excluding hydrogens is 496 g/mol. The van der Waals surface area contributed by atoms with Gasteiger partial charge in [-0.25, -0.2) is 0 Å². The van der Waals surface area contributed by atoms with Crippen LogP contribution in [0, 0.1) is 39.4 Å². The molecule has 0 spiro atoms. The third-order valence-corrected chi connectivity index (χ3v) is 12.0. The van der Waals surface area contributed by atoms with Crippen molar-refractivity contribution in [1.29, 1.82) is 0 Å². The maximum Gasteiger partial charge on any atom is 0.303 e. The molecule has 0 aromatic rings. The van der Waals surface area contributed by atoms with E-state index in [0.717, 1.165) is 19.3 Å². The number of carbonyl (C=O) groups is 2. The fourth-order valence-corrected chi connectivity index (χ4v) is 9.79. The van der Waals surface area contributed by atoms with Crippen molar-refractivity contribution >= 4 is 11.8 Å². The standard InChI is InChI=1S/C32H50O7/c1-18(33)39-27(2,3)13-12-24(36)32(9,38)25-22(35)17-31(8)23-11-10-19-20(16-21(34)26(37)28(19,4)5)29(23,6)14-15-30(25,31)7/h10,12-13,20-23,25-26,34-35,37-38H,11,14-17H2,1-9H3/b13-12+/t20?,21-,22+,23?,25?,26-,29-,30+,31-,32-/m0/s1. The number of carbonyl (C=O) groups excluding carboxylic acids is 2. The predicted molar refractivity (Wildman–Crippen MR) is 148 cm³/mol. The van der Waals surface area contributed by atoms with Gasteiger partial charge in [0.15, 0.2) is 5.78 Å². The molecule has 39 heavy (non-hydrogen) atoms. The summed E-state index contributed by atoms with van der Waals surface area (Å²) in [4.78, 5) is 24.9. The maximum absolute atomic E-state index is 13.5. The van der Waals surface area contributed by atoms with E-state index in [1.165, 1.54) is 31.6 Å². The van der Waals surface area contributed by atoms with E-state index in [1.54, 1.807) is 13.8 Å². The highest BCUT2D eigenvalue weighted by atomic mass is 16.6. The lowest BCUT2D eigenvalue weighted by Gasteiger charge is -2.66. The van der Waals surface area contributed by atoms with E-state index < -0.39 is 58.0 Å². The predicted octanol–water partition coefficient (Wildman–Crippen LogP) is 4.11. The van der Waals surface area contributed by atoms with Crippen LogP contribution >= 0.6 is 0 Å². The van der Waals surface area contributed by atoms with Gasteiger partial charge in [0.05, 0.1) is 18.3 Å². The second-order valence-electron chi connectivity index (χ2n) is 15.1. The molecule has 0 bridgehead atoms. The summed E-state index contributed by atoms with van der Waals surface area (Å²) in [6, 6.07) is 0. The second-order valence-corrected chi connectivity index (χ2v) is 15.1. The molecule has 4 rings (SSSR count). The minimum Gasteiger partial charge on any atom is -0.456 e. The van der Waals surface area contributed by atoms with Crippen molar-refractivity contribution in [1.82, 2.24) is 0 Å². The van der Waals surface area contributed by atoms with Crippen molar-refractivity contribution < 1.29 is 34.8 Å². The number of aliphatic hydroxyl groups excluding tert-OH is 3. The molecule has 3 unspecified atom stereocenters. The molecule has 7 nitrogen and oxygen atoms in total. The number of ether oxygens (including phenoxy) is 1. The first kappa shape index (κ1) is 30.4. The largest absolute Gasteiger partial charge is 0.456 e. The van der Waals surface area contributed by atoms with Crippen LogP contribution in [-0.2, 0) is 14.3 Å². The normalized spacial score (nSPS) is 45.0. The number of hydrogen-bond acceptors (Lipinski definition) is 7. The van der Waals surface area contributed by atoms with Crippen molar-refractivity contribution in [3.63, 3.8) is 0 Å². The summed E-state index contributed by atoms with van der Waals surface area (Å²) in [6.07, 6.45) is 5.95. The van der Waals surface area contributed by atoms with Crippen molar-refractivity contribution in [3.05, 3.63) is 23.8 Å². The highest BCUT2D eigenvalue weighted by Gasteiger charge is 2.72. The molecule has 0 aromatic carbocycles. The molecular formula is C32H50O7. The summed E-state index contributed by atoms with van der Waals surface area (Å²) >= 11 is 0. The average Bonchev–Trinajstić information content (AvgIpc) is 3.01. The average molecular weight is 547 g/mol. The first-order chi connectivity index (χ1) is 17.6. The van der Waals surface area contributed by atoms with Gasteiger partial charge in [-0.1, -0.05) is 46.3 Å². The highest BCUT2D eigenvalue weighted by molar-refractivity contribution is 5.97. The quantitative estimate of drug-likeness (QED) is 0.232. The monoisotopic (exact) mass is 546 g/mol. The van der Waals surface area contributed by atoms with Gasteiger partial charge < -0.3 is 25.2 Å². The van der Waals surface area contributed by atoms with E-state index in [-0.39, 0.29) is 22.7 Å². The fraction of sp³-hybridized carbons (Fsp3) is 0.812. The number of esters is 1. The first-order valence-corrected chi connectivity index (χ1v) is 14.6. The molecule has 3 fully saturated rings. The van der Waals surface area contributed by atoms with E-state index >= 15 is 0 Å². The molecule has 4 aliphatic carbocycles. The zero-order chi connectivity index (χ0) is 29.6. The highest BCUT2D eigenvalue weighted by Crippen LogP contribution is 2.75. The Morgan fingerprint density at radius 1 is 1.00 bits per heavy atom. The van der Waals surface area contributed by atoms with Crippen LogP contribution in [-0.4, -0.2) is 61.7 Å². The molecule has 3 saturated carbocycles. The van der Waals surface area contributed by atoms with Crippen LogP contribution in [0.5, 0.6) is 0 Å². The van der Waals surface area contributed by atoms with Crippen LogP contribution in [0.25, 0.3) is 0 Å². The van der Waals surface area contributed by atoms with Crippen LogP contribution in [0.15, 0.2) is 23.8 Å². The van der Waals surface area contributed by atoms with Gasteiger partial charge in [0.1, 0.15) is 11.2 Å². The molecule has 0 amide bonds.